The zero-order valence-corrected chi connectivity index (χ0v) is 15.5. The number of halogens is 2. The van der Waals surface area contributed by atoms with Crippen molar-refractivity contribution in [2.75, 3.05) is 6.54 Å². The Hall–Kier alpha value is -1.36. The summed E-state index contributed by atoms with van der Waals surface area (Å²) in [4.78, 5) is 12.1. The summed E-state index contributed by atoms with van der Waals surface area (Å²) in [6.07, 6.45) is 0. The summed E-state index contributed by atoms with van der Waals surface area (Å²) in [7, 11) is 0. The lowest BCUT2D eigenvalue weighted by Gasteiger charge is -2.17. The number of carbonyl (C=O) groups excluding carboxylic acids is 1. The van der Waals surface area contributed by atoms with Gasteiger partial charge in [-0.2, -0.15) is 0 Å². The fourth-order valence-corrected chi connectivity index (χ4v) is 2.63. The lowest BCUT2D eigenvalue weighted by molar-refractivity contribution is -0.121. The molecule has 3 nitrogen and oxygen atoms in total. The second kappa shape index (κ2) is 8.48. The van der Waals surface area contributed by atoms with Gasteiger partial charge in [-0.15, -0.1) is 0 Å². The first-order valence-electron chi connectivity index (χ1n) is 7.49. The molecule has 0 aromatic heterocycles. The summed E-state index contributed by atoms with van der Waals surface area (Å²) in [6.45, 7) is 4.27. The molecular formula is C18H20BrClN2O. The SMILES string of the molecule is C[C@@H](NCC(=O)N[C@H](C)c1ccc(Br)cc1)c1ccc(Cl)cc1. The molecule has 122 valence electrons. The van der Waals surface area contributed by atoms with Crippen molar-refractivity contribution in [3.8, 4) is 0 Å². The van der Waals surface area contributed by atoms with E-state index in [1.807, 2.05) is 62.4 Å². The molecule has 0 unspecified atom stereocenters. The third kappa shape index (κ3) is 5.65. The molecule has 0 aliphatic rings. The van der Waals surface area contributed by atoms with Crippen LogP contribution in [0.1, 0.15) is 37.1 Å². The Labute approximate surface area is 150 Å². The molecule has 1 amide bonds. The van der Waals surface area contributed by atoms with Crippen LogP contribution in [0, 0.1) is 0 Å². The van der Waals surface area contributed by atoms with Gasteiger partial charge in [0.25, 0.3) is 0 Å². The van der Waals surface area contributed by atoms with Crippen LogP contribution in [-0.4, -0.2) is 12.5 Å². The molecule has 0 aliphatic heterocycles. The summed E-state index contributed by atoms with van der Waals surface area (Å²) < 4.78 is 1.03. The molecular weight excluding hydrogens is 376 g/mol. The average Bonchev–Trinajstić information content (AvgIpc) is 2.54. The van der Waals surface area contributed by atoms with E-state index < -0.39 is 0 Å². The van der Waals surface area contributed by atoms with Crippen molar-refractivity contribution in [2.24, 2.45) is 0 Å². The van der Waals surface area contributed by atoms with Crippen LogP contribution in [0.4, 0.5) is 0 Å². The maximum Gasteiger partial charge on any atom is 0.234 e. The standard InChI is InChI=1S/C18H20BrClN2O/c1-12(14-5-9-17(20)10-6-14)21-11-18(23)22-13(2)15-3-7-16(19)8-4-15/h3-10,12-13,21H,11H2,1-2H3,(H,22,23)/t12-,13-/m1/s1. The number of amides is 1. The number of nitrogens with one attached hydrogen (secondary N) is 2. The summed E-state index contributed by atoms with van der Waals surface area (Å²) >= 11 is 9.29. The Balaban J connectivity index is 1.82. The van der Waals surface area contributed by atoms with E-state index in [-0.39, 0.29) is 24.5 Å². The first-order valence-corrected chi connectivity index (χ1v) is 8.66. The highest BCUT2D eigenvalue weighted by atomic mass is 79.9. The van der Waals surface area contributed by atoms with Crippen molar-refractivity contribution in [1.29, 1.82) is 0 Å². The van der Waals surface area contributed by atoms with Crippen LogP contribution in [-0.2, 0) is 4.79 Å². The zero-order chi connectivity index (χ0) is 16.8. The molecule has 2 aromatic rings. The van der Waals surface area contributed by atoms with Crippen molar-refractivity contribution in [1.82, 2.24) is 10.6 Å². The van der Waals surface area contributed by atoms with E-state index in [0.29, 0.717) is 5.02 Å². The van der Waals surface area contributed by atoms with Crippen LogP contribution in [0.15, 0.2) is 53.0 Å². The molecule has 2 atom stereocenters. The summed E-state index contributed by atoms with van der Waals surface area (Å²) in [6, 6.07) is 15.6. The maximum absolute atomic E-state index is 12.1. The topological polar surface area (TPSA) is 41.1 Å². The second-order valence-electron chi connectivity index (χ2n) is 5.49. The first kappa shape index (κ1) is 18.0. The number of rotatable bonds is 6. The minimum absolute atomic E-state index is 0.0248. The van der Waals surface area contributed by atoms with Gasteiger partial charge in [0.2, 0.25) is 5.91 Å². The van der Waals surface area contributed by atoms with E-state index in [0.717, 1.165) is 15.6 Å². The van der Waals surface area contributed by atoms with Crippen molar-refractivity contribution < 1.29 is 4.79 Å². The summed E-state index contributed by atoms with van der Waals surface area (Å²) in [5.41, 5.74) is 2.18. The second-order valence-corrected chi connectivity index (χ2v) is 6.85. The van der Waals surface area contributed by atoms with Crippen molar-refractivity contribution in [2.45, 2.75) is 25.9 Å². The molecule has 0 spiro atoms. The van der Waals surface area contributed by atoms with Crippen LogP contribution >= 0.6 is 27.5 Å². The largest absolute Gasteiger partial charge is 0.348 e. The Morgan fingerprint density at radius 2 is 1.52 bits per heavy atom. The fourth-order valence-electron chi connectivity index (χ4n) is 2.24. The van der Waals surface area contributed by atoms with Gasteiger partial charge in [-0.1, -0.05) is 51.8 Å². The maximum atomic E-state index is 12.1. The fraction of sp³-hybridized carbons (Fsp3) is 0.278. The normalized spacial score (nSPS) is 13.4. The number of hydrogen-bond donors (Lipinski definition) is 2. The molecule has 0 aliphatic carbocycles. The zero-order valence-electron chi connectivity index (χ0n) is 13.1. The van der Waals surface area contributed by atoms with Crippen LogP contribution in [0.25, 0.3) is 0 Å². The molecule has 5 heteroatoms. The van der Waals surface area contributed by atoms with Gasteiger partial charge in [0.15, 0.2) is 0 Å². The Morgan fingerprint density at radius 1 is 1.00 bits per heavy atom. The molecule has 0 saturated carbocycles. The van der Waals surface area contributed by atoms with Crippen LogP contribution < -0.4 is 10.6 Å². The summed E-state index contributed by atoms with van der Waals surface area (Å²) in [5, 5.41) is 6.93. The van der Waals surface area contributed by atoms with Crippen LogP contribution in [0.2, 0.25) is 5.02 Å². The minimum Gasteiger partial charge on any atom is -0.348 e. The molecule has 23 heavy (non-hydrogen) atoms. The Kier molecular flexibility index (Phi) is 6.63. The number of hydrogen-bond acceptors (Lipinski definition) is 2. The van der Waals surface area contributed by atoms with Crippen LogP contribution in [0.3, 0.4) is 0 Å². The highest BCUT2D eigenvalue weighted by Gasteiger charge is 2.11. The highest BCUT2D eigenvalue weighted by molar-refractivity contribution is 9.10. The van der Waals surface area contributed by atoms with Gasteiger partial charge in [-0.3, -0.25) is 4.79 Å². The van der Waals surface area contributed by atoms with E-state index in [9.17, 15) is 4.79 Å². The van der Waals surface area contributed by atoms with Crippen molar-refractivity contribution in [3.05, 3.63) is 69.2 Å². The predicted octanol–water partition coefficient (Wildman–Crippen LogP) is 4.63. The van der Waals surface area contributed by atoms with E-state index in [4.69, 9.17) is 11.6 Å². The molecule has 2 aromatic carbocycles. The van der Waals surface area contributed by atoms with Crippen molar-refractivity contribution in [3.63, 3.8) is 0 Å². The number of benzene rings is 2. The van der Waals surface area contributed by atoms with E-state index in [2.05, 4.69) is 26.6 Å². The van der Waals surface area contributed by atoms with Gasteiger partial charge in [0.1, 0.15) is 0 Å². The lowest BCUT2D eigenvalue weighted by Crippen LogP contribution is -2.36. The third-order valence-corrected chi connectivity index (χ3v) is 4.47. The quantitative estimate of drug-likeness (QED) is 0.748. The monoisotopic (exact) mass is 394 g/mol. The third-order valence-electron chi connectivity index (χ3n) is 3.69. The van der Waals surface area contributed by atoms with Crippen molar-refractivity contribution >= 4 is 33.4 Å². The smallest absolute Gasteiger partial charge is 0.234 e. The minimum atomic E-state index is -0.0266. The van der Waals surface area contributed by atoms with E-state index >= 15 is 0 Å². The average molecular weight is 396 g/mol. The molecule has 2 N–H and O–H groups in total. The van der Waals surface area contributed by atoms with E-state index in [1.165, 1.54) is 0 Å². The molecule has 0 heterocycles. The number of carbonyl (C=O) groups is 1. The molecule has 0 saturated heterocycles. The Bertz CT molecular complexity index is 643. The van der Waals surface area contributed by atoms with Gasteiger partial charge in [0.05, 0.1) is 12.6 Å². The van der Waals surface area contributed by atoms with Gasteiger partial charge in [0, 0.05) is 15.5 Å². The summed E-state index contributed by atoms with van der Waals surface area (Å²) in [5.74, 6) is -0.0266. The van der Waals surface area contributed by atoms with Gasteiger partial charge < -0.3 is 10.6 Å². The van der Waals surface area contributed by atoms with Gasteiger partial charge in [-0.25, -0.2) is 0 Å². The molecule has 0 fully saturated rings. The first-order chi connectivity index (χ1) is 11.0. The van der Waals surface area contributed by atoms with E-state index in [1.54, 1.807) is 0 Å². The van der Waals surface area contributed by atoms with Gasteiger partial charge >= 0.3 is 0 Å². The van der Waals surface area contributed by atoms with Crippen LogP contribution in [0.5, 0.6) is 0 Å². The highest BCUT2D eigenvalue weighted by Crippen LogP contribution is 2.17. The molecule has 0 radical (unpaired) electrons. The lowest BCUT2D eigenvalue weighted by atomic mass is 10.1. The predicted molar refractivity (Wildman–Crippen MR) is 98.6 cm³/mol. The Morgan fingerprint density at radius 3 is 2.13 bits per heavy atom. The molecule has 0 bridgehead atoms. The van der Waals surface area contributed by atoms with Gasteiger partial charge in [-0.05, 0) is 49.2 Å². The molecule has 2 rings (SSSR count).